The predicted molar refractivity (Wildman–Crippen MR) is 69.1 cm³/mol. The van der Waals surface area contributed by atoms with Gasteiger partial charge in [0.2, 0.25) is 0 Å². The summed E-state index contributed by atoms with van der Waals surface area (Å²) in [6.07, 6.45) is 3.65. The Morgan fingerprint density at radius 2 is 1.67 bits per heavy atom. The SMILES string of the molecule is CCC(C)(C)N(C)CCCC(C)(C)CN. The van der Waals surface area contributed by atoms with Crippen LogP contribution in [0.2, 0.25) is 0 Å². The molecule has 0 bridgehead atoms. The Bertz CT molecular complexity index is 173. The van der Waals surface area contributed by atoms with E-state index < -0.39 is 0 Å². The van der Waals surface area contributed by atoms with Crippen LogP contribution in [0.15, 0.2) is 0 Å². The first-order valence-corrected chi connectivity index (χ1v) is 6.16. The third kappa shape index (κ3) is 5.53. The number of hydrogen-bond acceptors (Lipinski definition) is 2. The van der Waals surface area contributed by atoms with Crippen LogP contribution in [0.1, 0.15) is 53.9 Å². The predicted octanol–water partition coefficient (Wildman–Crippen LogP) is 2.87. The first kappa shape index (κ1) is 14.9. The Labute approximate surface area is 96.2 Å². The van der Waals surface area contributed by atoms with E-state index >= 15 is 0 Å². The average Bonchev–Trinajstić information content (AvgIpc) is 2.17. The van der Waals surface area contributed by atoms with Crippen LogP contribution in [-0.2, 0) is 0 Å². The molecular formula is C13H30N2. The molecule has 0 aliphatic heterocycles. The summed E-state index contributed by atoms with van der Waals surface area (Å²) in [6, 6.07) is 0. The monoisotopic (exact) mass is 214 g/mol. The van der Waals surface area contributed by atoms with Crippen LogP contribution in [-0.4, -0.2) is 30.6 Å². The van der Waals surface area contributed by atoms with Gasteiger partial charge in [-0.1, -0.05) is 20.8 Å². The quantitative estimate of drug-likeness (QED) is 0.706. The molecule has 0 saturated heterocycles. The van der Waals surface area contributed by atoms with Gasteiger partial charge in [0.15, 0.2) is 0 Å². The second-order valence-electron chi connectivity index (χ2n) is 6.06. The lowest BCUT2D eigenvalue weighted by atomic mass is 9.87. The van der Waals surface area contributed by atoms with Gasteiger partial charge < -0.3 is 10.6 Å². The normalized spacial score (nSPS) is 13.6. The van der Waals surface area contributed by atoms with Crippen molar-refractivity contribution in [2.24, 2.45) is 11.1 Å². The summed E-state index contributed by atoms with van der Waals surface area (Å²) in [5, 5.41) is 0. The fourth-order valence-electron chi connectivity index (χ4n) is 1.47. The highest BCUT2D eigenvalue weighted by molar-refractivity contribution is 4.78. The van der Waals surface area contributed by atoms with E-state index in [4.69, 9.17) is 5.73 Å². The van der Waals surface area contributed by atoms with Crippen molar-refractivity contribution in [1.29, 1.82) is 0 Å². The highest BCUT2D eigenvalue weighted by atomic mass is 15.2. The van der Waals surface area contributed by atoms with Crippen LogP contribution in [0.25, 0.3) is 0 Å². The van der Waals surface area contributed by atoms with Gasteiger partial charge in [-0.25, -0.2) is 0 Å². The van der Waals surface area contributed by atoms with Crippen LogP contribution in [0.4, 0.5) is 0 Å². The molecule has 0 aliphatic carbocycles. The van der Waals surface area contributed by atoms with Crippen molar-refractivity contribution in [1.82, 2.24) is 4.90 Å². The molecule has 0 atom stereocenters. The molecule has 2 N–H and O–H groups in total. The zero-order valence-corrected chi connectivity index (χ0v) is 11.6. The summed E-state index contributed by atoms with van der Waals surface area (Å²) in [5.74, 6) is 0. The highest BCUT2D eigenvalue weighted by Gasteiger charge is 2.21. The zero-order valence-electron chi connectivity index (χ0n) is 11.6. The van der Waals surface area contributed by atoms with E-state index in [2.05, 4.69) is 46.6 Å². The van der Waals surface area contributed by atoms with Crippen LogP contribution < -0.4 is 5.73 Å². The first-order valence-electron chi connectivity index (χ1n) is 6.16. The topological polar surface area (TPSA) is 29.3 Å². The lowest BCUT2D eigenvalue weighted by Crippen LogP contribution is -2.41. The summed E-state index contributed by atoms with van der Waals surface area (Å²) in [7, 11) is 2.22. The lowest BCUT2D eigenvalue weighted by Gasteiger charge is -2.35. The van der Waals surface area contributed by atoms with Crippen molar-refractivity contribution < 1.29 is 0 Å². The molecule has 0 aromatic rings. The molecule has 0 aliphatic rings. The maximum atomic E-state index is 5.72. The van der Waals surface area contributed by atoms with Crippen molar-refractivity contribution >= 4 is 0 Å². The standard InChI is InChI=1S/C13H30N2/c1-7-13(4,5)15(6)10-8-9-12(2,3)11-14/h7-11,14H2,1-6H3. The van der Waals surface area contributed by atoms with Gasteiger partial charge in [0, 0.05) is 5.54 Å². The molecule has 0 aromatic carbocycles. The van der Waals surface area contributed by atoms with Crippen LogP contribution >= 0.6 is 0 Å². The molecule has 0 radical (unpaired) electrons. The molecule has 92 valence electrons. The number of nitrogens with two attached hydrogens (primary N) is 1. The van der Waals surface area contributed by atoms with Crippen LogP contribution in [0, 0.1) is 5.41 Å². The third-order valence-electron chi connectivity index (χ3n) is 3.80. The maximum Gasteiger partial charge on any atom is 0.0147 e. The first-order chi connectivity index (χ1) is 6.75. The van der Waals surface area contributed by atoms with E-state index in [0.29, 0.717) is 11.0 Å². The summed E-state index contributed by atoms with van der Waals surface area (Å²) in [6.45, 7) is 13.3. The van der Waals surface area contributed by atoms with Gasteiger partial charge in [-0.3, -0.25) is 0 Å². The number of nitrogens with zero attached hydrogens (tertiary/aromatic N) is 1. The summed E-state index contributed by atoms with van der Waals surface area (Å²) in [4.78, 5) is 2.46. The molecular weight excluding hydrogens is 184 g/mol. The van der Waals surface area contributed by atoms with E-state index in [0.717, 1.165) is 6.54 Å². The fourth-order valence-corrected chi connectivity index (χ4v) is 1.47. The van der Waals surface area contributed by atoms with Gasteiger partial charge in [0.1, 0.15) is 0 Å². The molecule has 0 unspecified atom stereocenters. The maximum absolute atomic E-state index is 5.72. The zero-order chi connectivity index (χ0) is 12.1. The van der Waals surface area contributed by atoms with Gasteiger partial charge in [0.25, 0.3) is 0 Å². The van der Waals surface area contributed by atoms with Gasteiger partial charge in [-0.2, -0.15) is 0 Å². The highest BCUT2D eigenvalue weighted by Crippen LogP contribution is 2.22. The molecule has 0 fully saturated rings. The minimum absolute atomic E-state index is 0.303. The van der Waals surface area contributed by atoms with E-state index in [-0.39, 0.29) is 0 Å². The third-order valence-corrected chi connectivity index (χ3v) is 3.80. The molecule has 0 rings (SSSR count). The molecule has 15 heavy (non-hydrogen) atoms. The molecule has 2 nitrogen and oxygen atoms in total. The Morgan fingerprint density at radius 1 is 1.13 bits per heavy atom. The largest absolute Gasteiger partial charge is 0.330 e. The van der Waals surface area contributed by atoms with Crippen LogP contribution in [0.5, 0.6) is 0 Å². The van der Waals surface area contributed by atoms with E-state index in [1.807, 2.05) is 0 Å². The molecule has 0 spiro atoms. The Hall–Kier alpha value is -0.0800. The van der Waals surface area contributed by atoms with E-state index in [9.17, 15) is 0 Å². The van der Waals surface area contributed by atoms with Crippen molar-refractivity contribution in [3.8, 4) is 0 Å². The summed E-state index contributed by atoms with van der Waals surface area (Å²) >= 11 is 0. The van der Waals surface area contributed by atoms with Crippen molar-refractivity contribution in [3.05, 3.63) is 0 Å². The smallest absolute Gasteiger partial charge is 0.0147 e. The van der Waals surface area contributed by atoms with E-state index in [1.165, 1.54) is 25.8 Å². The lowest BCUT2D eigenvalue weighted by molar-refractivity contribution is 0.142. The molecule has 0 saturated carbocycles. The molecule has 0 heterocycles. The number of rotatable bonds is 7. The minimum Gasteiger partial charge on any atom is -0.330 e. The molecule has 2 heteroatoms. The Balaban J connectivity index is 3.87. The van der Waals surface area contributed by atoms with Crippen molar-refractivity contribution in [2.45, 2.75) is 59.4 Å². The Morgan fingerprint density at radius 3 is 2.07 bits per heavy atom. The second kappa shape index (κ2) is 5.86. The van der Waals surface area contributed by atoms with Crippen molar-refractivity contribution in [3.63, 3.8) is 0 Å². The van der Waals surface area contributed by atoms with Gasteiger partial charge in [-0.05, 0) is 58.7 Å². The molecule has 0 amide bonds. The number of hydrogen-bond donors (Lipinski definition) is 1. The van der Waals surface area contributed by atoms with E-state index in [1.54, 1.807) is 0 Å². The van der Waals surface area contributed by atoms with Gasteiger partial charge >= 0.3 is 0 Å². The summed E-state index contributed by atoms with van der Waals surface area (Å²) in [5.41, 5.74) is 6.35. The summed E-state index contributed by atoms with van der Waals surface area (Å²) < 4.78 is 0. The minimum atomic E-state index is 0.303. The fraction of sp³-hybridized carbons (Fsp3) is 1.00. The van der Waals surface area contributed by atoms with Crippen LogP contribution in [0.3, 0.4) is 0 Å². The Kier molecular flexibility index (Phi) is 5.82. The average molecular weight is 214 g/mol. The van der Waals surface area contributed by atoms with Gasteiger partial charge in [-0.15, -0.1) is 0 Å². The molecule has 0 aromatic heterocycles. The second-order valence-corrected chi connectivity index (χ2v) is 6.06. The van der Waals surface area contributed by atoms with Crippen molar-refractivity contribution in [2.75, 3.05) is 20.1 Å². The van der Waals surface area contributed by atoms with Gasteiger partial charge in [0.05, 0.1) is 0 Å².